The van der Waals surface area contributed by atoms with Crippen molar-refractivity contribution in [3.05, 3.63) is 30.3 Å². The van der Waals surface area contributed by atoms with Crippen LogP contribution in [-0.2, 0) is 4.79 Å². The van der Waals surface area contributed by atoms with Crippen LogP contribution in [0.3, 0.4) is 0 Å². The summed E-state index contributed by atoms with van der Waals surface area (Å²) in [4.78, 5) is 11.4. The van der Waals surface area contributed by atoms with E-state index in [0.717, 1.165) is 0 Å². The Morgan fingerprint density at radius 1 is 1.31 bits per heavy atom. The summed E-state index contributed by atoms with van der Waals surface area (Å²) in [6.45, 7) is 0. The Balaban J connectivity index is 2.49. The fourth-order valence-electron chi connectivity index (χ4n) is 1.02. The van der Waals surface area contributed by atoms with Crippen molar-refractivity contribution in [3.8, 4) is 0 Å². The number of para-hydroxylation sites is 1. The third-order valence-electron chi connectivity index (χ3n) is 1.81. The van der Waals surface area contributed by atoms with Crippen molar-refractivity contribution in [3.63, 3.8) is 0 Å². The first-order chi connectivity index (χ1) is 7.39. The van der Waals surface area contributed by atoms with Gasteiger partial charge in [0.2, 0.25) is 9.70 Å². The number of aliphatic hydroxyl groups is 1. The summed E-state index contributed by atoms with van der Waals surface area (Å²) in [7, 11) is 0. The first-order valence-electron chi connectivity index (χ1n) is 4.49. The number of amides is 1. The van der Waals surface area contributed by atoms with Gasteiger partial charge in [0, 0.05) is 5.69 Å². The van der Waals surface area contributed by atoms with E-state index in [9.17, 15) is 9.90 Å². The monoisotopic (exact) mass is 281 g/mol. The normalized spacial score (nSPS) is 13.2. The summed E-state index contributed by atoms with van der Waals surface area (Å²) in [5.74, 6) is -0.412. The fraction of sp³-hybridized carbons (Fsp3) is 0.300. The van der Waals surface area contributed by atoms with Gasteiger partial charge in [-0.25, -0.2) is 0 Å². The van der Waals surface area contributed by atoms with Crippen molar-refractivity contribution in [2.24, 2.45) is 0 Å². The lowest BCUT2D eigenvalue weighted by molar-refractivity contribution is -0.117. The molecule has 1 aromatic rings. The molecule has 0 unspecified atom stereocenters. The Morgan fingerprint density at radius 3 is 2.38 bits per heavy atom. The Bertz CT molecular complexity index is 351. The topological polar surface area (TPSA) is 49.3 Å². The fourth-order valence-corrected chi connectivity index (χ4v) is 1.26. The van der Waals surface area contributed by atoms with Gasteiger partial charge in [-0.15, -0.1) is 0 Å². The number of carbonyl (C=O) groups excluding carboxylic acids is 1. The van der Waals surface area contributed by atoms with Crippen molar-refractivity contribution < 1.29 is 9.90 Å². The highest BCUT2D eigenvalue weighted by molar-refractivity contribution is 6.68. The molecule has 2 N–H and O–H groups in total. The van der Waals surface area contributed by atoms with Gasteiger partial charge in [0.05, 0.1) is 6.42 Å². The van der Waals surface area contributed by atoms with E-state index in [4.69, 9.17) is 34.8 Å². The van der Waals surface area contributed by atoms with E-state index >= 15 is 0 Å². The largest absolute Gasteiger partial charge is 0.388 e. The van der Waals surface area contributed by atoms with Gasteiger partial charge >= 0.3 is 0 Å². The van der Waals surface area contributed by atoms with Crippen LogP contribution in [0.4, 0.5) is 5.69 Å². The molecular formula is C10H10Cl3NO2. The van der Waals surface area contributed by atoms with Gasteiger partial charge in [-0.1, -0.05) is 53.0 Å². The summed E-state index contributed by atoms with van der Waals surface area (Å²) in [6.07, 6.45) is -1.60. The molecular weight excluding hydrogens is 272 g/mol. The Labute approximate surface area is 108 Å². The second kappa shape index (κ2) is 5.73. The highest BCUT2D eigenvalue weighted by Gasteiger charge is 2.32. The van der Waals surface area contributed by atoms with Crippen molar-refractivity contribution in [2.45, 2.75) is 16.3 Å². The Morgan fingerprint density at radius 2 is 1.88 bits per heavy atom. The highest BCUT2D eigenvalue weighted by Crippen LogP contribution is 2.31. The van der Waals surface area contributed by atoms with E-state index in [1.165, 1.54) is 0 Å². The summed E-state index contributed by atoms with van der Waals surface area (Å²) in [5.41, 5.74) is 0.629. The van der Waals surface area contributed by atoms with Crippen LogP contribution >= 0.6 is 34.8 Å². The van der Waals surface area contributed by atoms with Crippen LogP contribution < -0.4 is 5.32 Å². The number of aliphatic hydroxyl groups excluding tert-OH is 1. The predicted octanol–water partition coefficient (Wildman–Crippen LogP) is 2.75. The summed E-state index contributed by atoms with van der Waals surface area (Å²) in [5, 5.41) is 11.9. The maximum Gasteiger partial charge on any atom is 0.227 e. The molecule has 0 aliphatic heterocycles. The van der Waals surface area contributed by atoms with Gasteiger partial charge in [-0.05, 0) is 12.1 Å². The average molecular weight is 283 g/mol. The molecule has 1 rings (SSSR count). The van der Waals surface area contributed by atoms with Crippen LogP contribution in [0.1, 0.15) is 6.42 Å². The number of carbonyl (C=O) groups is 1. The van der Waals surface area contributed by atoms with Crippen LogP contribution in [-0.4, -0.2) is 20.9 Å². The molecule has 0 heterocycles. The molecule has 0 fully saturated rings. The van der Waals surface area contributed by atoms with Gasteiger partial charge in [-0.3, -0.25) is 4.79 Å². The second-order valence-corrected chi connectivity index (χ2v) is 5.54. The highest BCUT2D eigenvalue weighted by atomic mass is 35.6. The number of anilines is 1. The molecule has 0 aliphatic carbocycles. The minimum absolute atomic E-state index is 0.272. The number of benzene rings is 1. The number of halogens is 3. The SMILES string of the molecule is O=C(C[C@@H](O)C(Cl)(Cl)Cl)Nc1ccccc1. The van der Waals surface area contributed by atoms with Gasteiger partial charge in [0.15, 0.2) is 0 Å². The van der Waals surface area contributed by atoms with E-state index < -0.39 is 15.8 Å². The van der Waals surface area contributed by atoms with E-state index in [1.54, 1.807) is 24.3 Å². The molecule has 1 aromatic carbocycles. The lowest BCUT2D eigenvalue weighted by atomic mass is 10.2. The van der Waals surface area contributed by atoms with Crippen LogP contribution in [0.2, 0.25) is 0 Å². The lowest BCUT2D eigenvalue weighted by Gasteiger charge is -2.18. The smallest absolute Gasteiger partial charge is 0.227 e. The molecule has 0 aromatic heterocycles. The van der Waals surface area contributed by atoms with Gasteiger partial charge < -0.3 is 10.4 Å². The van der Waals surface area contributed by atoms with Crippen molar-refractivity contribution in [2.75, 3.05) is 5.32 Å². The number of hydrogen-bond acceptors (Lipinski definition) is 2. The Kier molecular flexibility index (Phi) is 4.87. The summed E-state index contributed by atoms with van der Waals surface area (Å²) in [6, 6.07) is 8.83. The molecule has 0 aliphatic rings. The molecule has 0 bridgehead atoms. The minimum atomic E-state index is -1.85. The van der Waals surface area contributed by atoms with Gasteiger partial charge in [0.1, 0.15) is 6.10 Å². The molecule has 1 atom stereocenters. The summed E-state index contributed by atoms with van der Waals surface area (Å²) >= 11 is 16.3. The second-order valence-electron chi connectivity index (χ2n) is 3.18. The standard InChI is InChI=1S/C10H10Cl3NO2/c11-10(12,13)8(15)6-9(16)14-7-4-2-1-3-5-7/h1-5,8,15H,6H2,(H,14,16)/t8-/m1/s1. The third-order valence-corrected chi connectivity index (χ3v) is 2.57. The molecule has 16 heavy (non-hydrogen) atoms. The minimum Gasteiger partial charge on any atom is -0.388 e. The number of rotatable bonds is 3. The van der Waals surface area contributed by atoms with Crippen LogP contribution in [0.15, 0.2) is 30.3 Å². The number of hydrogen-bond donors (Lipinski definition) is 2. The molecule has 1 amide bonds. The van der Waals surface area contributed by atoms with E-state index in [2.05, 4.69) is 5.32 Å². The zero-order chi connectivity index (χ0) is 12.2. The van der Waals surface area contributed by atoms with E-state index in [-0.39, 0.29) is 6.42 Å². The maximum atomic E-state index is 11.4. The first-order valence-corrected chi connectivity index (χ1v) is 5.62. The van der Waals surface area contributed by atoms with Crippen molar-refractivity contribution >= 4 is 46.4 Å². The number of nitrogens with one attached hydrogen (secondary N) is 1. The van der Waals surface area contributed by atoms with Gasteiger partial charge in [-0.2, -0.15) is 0 Å². The molecule has 0 saturated heterocycles. The molecule has 88 valence electrons. The zero-order valence-electron chi connectivity index (χ0n) is 8.16. The zero-order valence-corrected chi connectivity index (χ0v) is 10.4. The molecule has 3 nitrogen and oxygen atoms in total. The van der Waals surface area contributed by atoms with E-state index in [0.29, 0.717) is 5.69 Å². The van der Waals surface area contributed by atoms with Gasteiger partial charge in [0.25, 0.3) is 0 Å². The number of alkyl halides is 3. The quantitative estimate of drug-likeness (QED) is 0.838. The van der Waals surface area contributed by atoms with E-state index in [1.807, 2.05) is 6.07 Å². The van der Waals surface area contributed by atoms with Crippen LogP contribution in [0, 0.1) is 0 Å². The molecule has 0 spiro atoms. The maximum absolute atomic E-state index is 11.4. The van der Waals surface area contributed by atoms with Crippen LogP contribution in [0.5, 0.6) is 0 Å². The third kappa shape index (κ3) is 4.58. The van der Waals surface area contributed by atoms with Crippen molar-refractivity contribution in [1.82, 2.24) is 0 Å². The van der Waals surface area contributed by atoms with Crippen molar-refractivity contribution in [1.29, 1.82) is 0 Å². The molecule has 0 radical (unpaired) electrons. The average Bonchev–Trinajstić information content (AvgIpc) is 2.17. The Hall–Kier alpha value is -0.480. The molecule has 6 heteroatoms. The first kappa shape index (κ1) is 13.6. The van der Waals surface area contributed by atoms with Crippen LogP contribution in [0.25, 0.3) is 0 Å². The predicted molar refractivity (Wildman–Crippen MR) is 66.0 cm³/mol. The molecule has 0 saturated carbocycles. The lowest BCUT2D eigenvalue weighted by Crippen LogP contribution is -2.30. The summed E-state index contributed by atoms with van der Waals surface area (Å²) < 4.78 is -1.85.